The van der Waals surface area contributed by atoms with Gasteiger partial charge in [-0.25, -0.2) is 4.98 Å². The van der Waals surface area contributed by atoms with E-state index in [1.54, 1.807) is 6.92 Å². The van der Waals surface area contributed by atoms with Crippen molar-refractivity contribution < 1.29 is 14.3 Å². The molecule has 128 valence electrons. The summed E-state index contributed by atoms with van der Waals surface area (Å²) in [4.78, 5) is 31.1. The number of amides is 2. The van der Waals surface area contributed by atoms with Crippen molar-refractivity contribution in [2.75, 3.05) is 31.2 Å². The first-order chi connectivity index (χ1) is 10.8. The molecule has 1 aromatic rings. The molecule has 0 bridgehead atoms. The lowest BCUT2D eigenvalue weighted by Crippen LogP contribution is -2.42. The third kappa shape index (κ3) is 5.18. The number of hydrogen-bond donors (Lipinski definition) is 2. The van der Waals surface area contributed by atoms with Crippen LogP contribution in [-0.4, -0.2) is 43.1 Å². The summed E-state index contributed by atoms with van der Waals surface area (Å²) in [5.41, 5.74) is 5.47. The van der Waals surface area contributed by atoms with E-state index in [-0.39, 0.29) is 17.2 Å². The van der Waals surface area contributed by atoms with E-state index >= 15 is 0 Å². The number of nitrogens with one attached hydrogen (secondary N) is 2. The fourth-order valence-electron chi connectivity index (χ4n) is 2.19. The van der Waals surface area contributed by atoms with Crippen LogP contribution in [0.4, 0.5) is 5.13 Å². The summed E-state index contributed by atoms with van der Waals surface area (Å²) in [6.07, 6.45) is 0.341. The Hall–Kier alpha value is -1.67. The minimum Gasteiger partial charge on any atom is -0.378 e. The standard InChI is InChI=1S/C15H24N4O3S/c1-10-12(13(21)18-17-11(20)9-15(2,3)4)23-14(16-10)19-5-7-22-8-6-19/h5-9H2,1-4H3,(H,17,20)(H,18,21). The number of ether oxygens (including phenoxy) is 1. The number of hydrogen-bond acceptors (Lipinski definition) is 6. The van der Waals surface area contributed by atoms with Crippen molar-refractivity contribution in [1.82, 2.24) is 15.8 Å². The van der Waals surface area contributed by atoms with Crippen LogP contribution < -0.4 is 15.8 Å². The number of hydrazine groups is 1. The molecule has 1 aliphatic rings. The first-order valence-corrected chi connectivity index (χ1v) is 8.47. The molecule has 0 saturated carbocycles. The van der Waals surface area contributed by atoms with Crippen molar-refractivity contribution in [3.05, 3.63) is 10.6 Å². The van der Waals surface area contributed by atoms with E-state index < -0.39 is 0 Å². The summed E-state index contributed by atoms with van der Waals surface area (Å²) in [7, 11) is 0. The van der Waals surface area contributed by atoms with Gasteiger partial charge in [0, 0.05) is 19.5 Å². The van der Waals surface area contributed by atoms with Crippen LogP contribution >= 0.6 is 11.3 Å². The van der Waals surface area contributed by atoms with Gasteiger partial charge >= 0.3 is 0 Å². The number of thiazole rings is 1. The van der Waals surface area contributed by atoms with Gasteiger partial charge in [0.15, 0.2) is 5.13 Å². The number of aryl methyl sites for hydroxylation is 1. The zero-order valence-corrected chi connectivity index (χ0v) is 14.9. The molecule has 2 amide bonds. The molecule has 1 aliphatic heterocycles. The molecule has 1 saturated heterocycles. The van der Waals surface area contributed by atoms with Gasteiger partial charge in [0.25, 0.3) is 5.91 Å². The number of morpholine rings is 1. The summed E-state index contributed by atoms with van der Waals surface area (Å²) in [6.45, 7) is 10.6. The van der Waals surface area contributed by atoms with Crippen molar-refractivity contribution in [3.8, 4) is 0 Å². The van der Waals surface area contributed by atoms with E-state index in [2.05, 4.69) is 20.7 Å². The molecule has 2 heterocycles. The van der Waals surface area contributed by atoms with E-state index in [9.17, 15) is 9.59 Å². The fraction of sp³-hybridized carbons (Fsp3) is 0.667. The van der Waals surface area contributed by atoms with Crippen LogP contribution in [0.2, 0.25) is 0 Å². The van der Waals surface area contributed by atoms with Crippen molar-refractivity contribution >= 4 is 28.3 Å². The third-order valence-electron chi connectivity index (χ3n) is 3.28. The van der Waals surface area contributed by atoms with Gasteiger partial charge in [0.05, 0.1) is 18.9 Å². The average Bonchev–Trinajstić information content (AvgIpc) is 2.86. The van der Waals surface area contributed by atoms with Crippen LogP contribution in [0.1, 0.15) is 42.6 Å². The molecular formula is C15H24N4O3S. The first-order valence-electron chi connectivity index (χ1n) is 7.65. The Balaban J connectivity index is 1.94. The highest BCUT2D eigenvalue weighted by molar-refractivity contribution is 7.17. The molecule has 0 unspecified atom stereocenters. The smallest absolute Gasteiger partial charge is 0.281 e. The monoisotopic (exact) mass is 340 g/mol. The quantitative estimate of drug-likeness (QED) is 0.815. The molecule has 2 N–H and O–H groups in total. The highest BCUT2D eigenvalue weighted by Crippen LogP contribution is 2.26. The van der Waals surface area contributed by atoms with Gasteiger partial charge in [0.2, 0.25) is 5.91 Å². The molecular weight excluding hydrogens is 316 g/mol. The maximum Gasteiger partial charge on any atom is 0.281 e. The molecule has 2 rings (SSSR count). The molecule has 8 heteroatoms. The second kappa shape index (κ2) is 7.27. The SMILES string of the molecule is Cc1nc(N2CCOCC2)sc1C(=O)NNC(=O)CC(C)(C)C. The summed E-state index contributed by atoms with van der Waals surface area (Å²) >= 11 is 1.33. The van der Waals surface area contributed by atoms with Crippen LogP contribution in [-0.2, 0) is 9.53 Å². The van der Waals surface area contributed by atoms with Crippen molar-refractivity contribution in [2.45, 2.75) is 34.1 Å². The number of anilines is 1. The molecule has 0 aromatic carbocycles. The largest absolute Gasteiger partial charge is 0.378 e. The number of rotatable bonds is 3. The second-order valence-corrected chi connectivity index (χ2v) is 7.73. The van der Waals surface area contributed by atoms with Gasteiger partial charge in [-0.15, -0.1) is 0 Å². The maximum atomic E-state index is 12.2. The normalized spacial score (nSPS) is 15.4. The zero-order chi connectivity index (χ0) is 17.0. The summed E-state index contributed by atoms with van der Waals surface area (Å²) in [5, 5.41) is 0.817. The Labute approximate surface area is 140 Å². The zero-order valence-electron chi connectivity index (χ0n) is 14.1. The third-order valence-corrected chi connectivity index (χ3v) is 4.50. The minimum absolute atomic E-state index is 0.126. The van der Waals surface area contributed by atoms with Gasteiger partial charge in [0.1, 0.15) is 4.88 Å². The lowest BCUT2D eigenvalue weighted by molar-refractivity contribution is -0.123. The van der Waals surface area contributed by atoms with Crippen LogP contribution in [0.5, 0.6) is 0 Å². The molecule has 0 aliphatic carbocycles. The molecule has 7 nitrogen and oxygen atoms in total. The van der Waals surface area contributed by atoms with E-state index in [1.807, 2.05) is 20.8 Å². The Morgan fingerprint density at radius 1 is 1.26 bits per heavy atom. The summed E-state index contributed by atoms with van der Waals surface area (Å²) in [6, 6.07) is 0. The Morgan fingerprint density at radius 2 is 1.91 bits per heavy atom. The van der Waals surface area contributed by atoms with E-state index in [1.165, 1.54) is 11.3 Å². The fourth-order valence-corrected chi connectivity index (χ4v) is 3.21. The van der Waals surface area contributed by atoms with Gasteiger partial charge < -0.3 is 9.64 Å². The Kier molecular flexibility index (Phi) is 5.59. The molecule has 0 radical (unpaired) electrons. The molecule has 0 atom stereocenters. The summed E-state index contributed by atoms with van der Waals surface area (Å²) in [5.74, 6) is -0.539. The predicted octanol–water partition coefficient (Wildman–Crippen LogP) is 1.49. The van der Waals surface area contributed by atoms with Gasteiger partial charge in [-0.2, -0.15) is 0 Å². The van der Waals surface area contributed by atoms with E-state index in [4.69, 9.17) is 4.74 Å². The highest BCUT2D eigenvalue weighted by atomic mass is 32.1. The Morgan fingerprint density at radius 3 is 2.52 bits per heavy atom. The van der Waals surface area contributed by atoms with Crippen molar-refractivity contribution in [1.29, 1.82) is 0 Å². The van der Waals surface area contributed by atoms with Crippen LogP contribution in [0.15, 0.2) is 0 Å². The average molecular weight is 340 g/mol. The van der Waals surface area contributed by atoms with Gasteiger partial charge in [-0.3, -0.25) is 20.4 Å². The topological polar surface area (TPSA) is 83.6 Å². The van der Waals surface area contributed by atoms with Crippen LogP contribution in [0.25, 0.3) is 0 Å². The molecule has 1 fully saturated rings. The number of aromatic nitrogens is 1. The van der Waals surface area contributed by atoms with Gasteiger partial charge in [-0.05, 0) is 12.3 Å². The Bertz CT molecular complexity index is 574. The number of carbonyl (C=O) groups excluding carboxylic acids is 2. The van der Waals surface area contributed by atoms with Crippen molar-refractivity contribution in [3.63, 3.8) is 0 Å². The highest BCUT2D eigenvalue weighted by Gasteiger charge is 2.21. The van der Waals surface area contributed by atoms with Gasteiger partial charge in [-0.1, -0.05) is 32.1 Å². The second-order valence-electron chi connectivity index (χ2n) is 6.75. The molecule has 23 heavy (non-hydrogen) atoms. The molecule has 1 aromatic heterocycles. The van der Waals surface area contributed by atoms with Crippen LogP contribution in [0, 0.1) is 12.3 Å². The number of carbonyl (C=O) groups is 2. The molecule has 0 spiro atoms. The lowest BCUT2D eigenvalue weighted by Gasteiger charge is -2.25. The summed E-state index contributed by atoms with van der Waals surface area (Å²) < 4.78 is 5.32. The van der Waals surface area contributed by atoms with E-state index in [0.717, 1.165) is 18.2 Å². The first kappa shape index (κ1) is 17.7. The van der Waals surface area contributed by atoms with E-state index in [0.29, 0.717) is 30.2 Å². The number of nitrogens with zero attached hydrogens (tertiary/aromatic N) is 2. The minimum atomic E-state index is -0.332. The van der Waals surface area contributed by atoms with Crippen LogP contribution in [0.3, 0.4) is 0 Å². The predicted molar refractivity (Wildman–Crippen MR) is 89.6 cm³/mol. The van der Waals surface area contributed by atoms with Crippen molar-refractivity contribution in [2.24, 2.45) is 5.41 Å². The lowest BCUT2D eigenvalue weighted by atomic mass is 9.92. The maximum absolute atomic E-state index is 12.2.